The number of carbonyl (C=O) groups is 2. The van der Waals surface area contributed by atoms with Crippen LogP contribution in [0, 0.1) is 11.3 Å². The second kappa shape index (κ2) is 6.22. The summed E-state index contributed by atoms with van der Waals surface area (Å²) in [7, 11) is 0. The van der Waals surface area contributed by atoms with E-state index in [9.17, 15) is 14.7 Å². The first kappa shape index (κ1) is 16.2. The van der Waals surface area contributed by atoms with Gasteiger partial charge in [-0.15, -0.1) is 0 Å². The summed E-state index contributed by atoms with van der Waals surface area (Å²) < 4.78 is 10.6. The van der Waals surface area contributed by atoms with Crippen LogP contribution in [0.5, 0.6) is 11.5 Å². The zero-order chi connectivity index (χ0) is 17.4. The summed E-state index contributed by atoms with van der Waals surface area (Å²) in [4.78, 5) is 25.9. The van der Waals surface area contributed by atoms with Crippen molar-refractivity contribution in [3.63, 3.8) is 0 Å². The lowest BCUT2D eigenvalue weighted by atomic mass is 9.81. The molecular weight excluding hydrogens is 324 g/mol. The van der Waals surface area contributed by atoms with E-state index in [2.05, 4.69) is 5.32 Å². The number of likely N-dealkylation sites (tertiary alicyclic amines) is 1. The molecule has 0 unspecified atom stereocenters. The number of ether oxygens (including phenoxy) is 2. The van der Waals surface area contributed by atoms with E-state index in [0.717, 1.165) is 30.6 Å². The highest BCUT2D eigenvalue weighted by Gasteiger charge is 2.54. The van der Waals surface area contributed by atoms with E-state index < -0.39 is 11.4 Å². The van der Waals surface area contributed by atoms with Gasteiger partial charge in [0.1, 0.15) is 0 Å². The van der Waals surface area contributed by atoms with Gasteiger partial charge in [-0.2, -0.15) is 0 Å². The predicted octanol–water partition coefficient (Wildman–Crippen LogP) is 1.22. The van der Waals surface area contributed by atoms with E-state index in [1.165, 1.54) is 0 Å². The summed E-state index contributed by atoms with van der Waals surface area (Å²) in [5.74, 6) is 0.795. The third-order valence-corrected chi connectivity index (χ3v) is 5.66. The van der Waals surface area contributed by atoms with Gasteiger partial charge < -0.3 is 19.9 Å². The van der Waals surface area contributed by atoms with Crippen LogP contribution in [0.25, 0.3) is 0 Å². The molecule has 2 atom stereocenters. The van der Waals surface area contributed by atoms with Crippen molar-refractivity contribution in [2.24, 2.45) is 11.3 Å². The third-order valence-electron chi connectivity index (χ3n) is 5.66. The maximum atomic E-state index is 12.2. The molecule has 1 saturated heterocycles. The van der Waals surface area contributed by atoms with E-state index in [-0.39, 0.29) is 25.2 Å². The van der Waals surface area contributed by atoms with Crippen molar-refractivity contribution in [3.05, 3.63) is 23.8 Å². The summed E-state index contributed by atoms with van der Waals surface area (Å²) in [6.07, 6.45) is 2.64. The SMILES string of the molecule is O=C(CN1C[C@@H]2CCC[C@@]2(C(=O)O)C1)NCc1ccc2c(c1)OCO2. The van der Waals surface area contributed by atoms with Crippen molar-refractivity contribution in [2.75, 3.05) is 26.4 Å². The predicted molar refractivity (Wildman–Crippen MR) is 88.3 cm³/mol. The molecule has 25 heavy (non-hydrogen) atoms. The average molecular weight is 346 g/mol. The normalized spacial score (nSPS) is 27.3. The smallest absolute Gasteiger partial charge is 0.311 e. The number of nitrogens with zero attached hydrogens (tertiary/aromatic N) is 1. The Hall–Kier alpha value is -2.28. The van der Waals surface area contributed by atoms with Crippen LogP contribution in [0.2, 0.25) is 0 Å². The number of carboxylic acid groups (broad SMARTS) is 1. The molecule has 1 aromatic carbocycles. The molecule has 0 spiro atoms. The highest BCUT2D eigenvalue weighted by atomic mass is 16.7. The van der Waals surface area contributed by atoms with Crippen LogP contribution >= 0.6 is 0 Å². The molecule has 2 heterocycles. The van der Waals surface area contributed by atoms with Crippen molar-refractivity contribution < 1.29 is 24.2 Å². The van der Waals surface area contributed by atoms with Gasteiger partial charge in [0.2, 0.25) is 12.7 Å². The fourth-order valence-electron chi connectivity index (χ4n) is 4.37. The van der Waals surface area contributed by atoms with Crippen LogP contribution < -0.4 is 14.8 Å². The average Bonchev–Trinajstić information content (AvgIpc) is 3.25. The molecule has 1 aromatic rings. The molecule has 2 fully saturated rings. The Bertz CT molecular complexity index is 707. The first-order valence-corrected chi connectivity index (χ1v) is 8.68. The lowest BCUT2D eigenvalue weighted by Crippen LogP contribution is -2.39. The van der Waals surface area contributed by atoms with Gasteiger partial charge in [0.05, 0.1) is 12.0 Å². The van der Waals surface area contributed by atoms with E-state index >= 15 is 0 Å². The lowest BCUT2D eigenvalue weighted by molar-refractivity contribution is -0.149. The van der Waals surface area contributed by atoms with Crippen LogP contribution in [0.4, 0.5) is 0 Å². The fraction of sp³-hybridized carbons (Fsp3) is 0.556. The van der Waals surface area contributed by atoms with Gasteiger partial charge in [0, 0.05) is 19.6 Å². The highest BCUT2D eigenvalue weighted by molar-refractivity contribution is 5.79. The number of fused-ring (bicyclic) bond motifs is 2. The van der Waals surface area contributed by atoms with E-state index in [1.54, 1.807) is 0 Å². The van der Waals surface area contributed by atoms with Crippen LogP contribution in [-0.2, 0) is 16.1 Å². The number of benzene rings is 1. The molecule has 134 valence electrons. The van der Waals surface area contributed by atoms with Crippen LogP contribution in [0.15, 0.2) is 18.2 Å². The molecule has 1 amide bonds. The van der Waals surface area contributed by atoms with E-state index in [1.807, 2.05) is 23.1 Å². The first-order chi connectivity index (χ1) is 12.1. The monoisotopic (exact) mass is 346 g/mol. The van der Waals surface area contributed by atoms with E-state index in [4.69, 9.17) is 9.47 Å². The molecule has 7 heteroatoms. The van der Waals surface area contributed by atoms with Crippen LogP contribution in [0.1, 0.15) is 24.8 Å². The Morgan fingerprint density at radius 2 is 2.16 bits per heavy atom. The zero-order valence-corrected chi connectivity index (χ0v) is 14.0. The molecule has 1 aliphatic carbocycles. The minimum absolute atomic E-state index is 0.0850. The minimum Gasteiger partial charge on any atom is -0.481 e. The van der Waals surface area contributed by atoms with Crippen molar-refractivity contribution in [1.29, 1.82) is 0 Å². The summed E-state index contributed by atoms with van der Waals surface area (Å²) in [6, 6.07) is 5.60. The number of nitrogens with one attached hydrogen (secondary N) is 1. The third kappa shape index (κ3) is 2.93. The number of rotatable bonds is 5. The number of carbonyl (C=O) groups excluding carboxylic acids is 1. The fourth-order valence-corrected chi connectivity index (χ4v) is 4.37. The molecule has 1 saturated carbocycles. The van der Waals surface area contributed by atoms with Gasteiger partial charge in [-0.25, -0.2) is 0 Å². The molecule has 7 nitrogen and oxygen atoms in total. The van der Waals surface area contributed by atoms with Crippen molar-refractivity contribution in [3.8, 4) is 11.5 Å². The van der Waals surface area contributed by atoms with Gasteiger partial charge in [-0.1, -0.05) is 12.5 Å². The number of hydrogen-bond donors (Lipinski definition) is 2. The Morgan fingerprint density at radius 1 is 1.32 bits per heavy atom. The summed E-state index contributed by atoms with van der Waals surface area (Å²) >= 11 is 0. The second-order valence-corrected chi connectivity index (χ2v) is 7.18. The second-order valence-electron chi connectivity index (χ2n) is 7.18. The van der Waals surface area contributed by atoms with Crippen molar-refractivity contribution in [1.82, 2.24) is 10.2 Å². The van der Waals surface area contributed by atoms with Crippen molar-refractivity contribution in [2.45, 2.75) is 25.8 Å². The summed E-state index contributed by atoms with van der Waals surface area (Å²) in [5, 5.41) is 12.5. The largest absolute Gasteiger partial charge is 0.481 e. The molecule has 2 N–H and O–H groups in total. The lowest BCUT2D eigenvalue weighted by Gasteiger charge is -2.23. The number of hydrogen-bond acceptors (Lipinski definition) is 5. The molecule has 4 rings (SSSR count). The number of carboxylic acids is 1. The van der Waals surface area contributed by atoms with Crippen molar-refractivity contribution >= 4 is 11.9 Å². The minimum atomic E-state index is -0.710. The van der Waals surface area contributed by atoms with Gasteiger partial charge in [-0.3, -0.25) is 14.5 Å². The van der Waals surface area contributed by atoms with E-state index in [0.29, 0.717) is 25.4 Å². The Kier molecular flexibility index (Phi) is 4.03. The molecule has 0 bridgehead atoms. The standard InChI is InChI=1S/C18H22N2O5/c21-16(19-7-12-3-4-14-15(6-12)25-11-24-14)9-20-8-13-2-1-5-18(13,10-20)17(22)23/h3-4,6,13H,1-2,5,7-11H2,(H,19,21)(H,22,23)/t13-,18+/m0/s1. The molecule has 2 aliphatic heterocycles. The molecule has 0 aromatic heterocycles. The Labute approximate surface area is 145 Å². The van der Waals surface area contributed by atoms with Crippen LogP contribution in [0.3, 0.4) is 0 Å². The van der Waals surface area contributed by atoms with Crippen LogP contribution in [-0.4, -0.2) is 48.3 Å². The molecule has 0 radical (unpaired) electrons. The highest BCUT2D eigenvalue weighted by Crippen LogP contribution is 2.48. The zero-order valence-electron chi connectivity index (χ0n) is 14.0. The first-order valence-electron chi connectivity index (χ1n) is 8.68. The van der Waals surface area contributed by atoms with Gasteiger partial charge in [0.15, 0.2) is 11.5 Å². The van der Waals surface area contributed by atoms with Gasteiger partial charge >= 0.3 is 5.97 Å². The summed E-state index contributed by atoms with van der Waals surface area (Å²) in [5.41, 5.74) is 0.301. The molecule has 3 aliphatic rings. The molecular formula is C18H22N2O5. The summed E-state index contributed by atoms with van der Waals surface area (Å²) in [6.45, 7) is 2.06. The quantitative estimate of drug-likeness (QED) is 0.833. The number of amides is 1. The topological polar surface area (TPSA) is 88.1 Å². The number of aliphatic carboxylic acids is 1. The van der Waals surface area contributed by atoms with Gasteiger partial charge in [0.25, 0.3) is 0 Å². The Morgan fingerprint density at radius 3 is 2.96 bits per heavy atom. The van der Waals surface area contributed by atoms with Gasteiger partial charge in [-0.05, 0) is 36.5 Å². The maximum absolute atomic E-state index is 12.2. The maximum Gasteiger partial charge on any atom is 0.311 e. The Balaban J connectivity index is 1.30.